The number of morpholine rings is 1. The van der Waals surface area contributed by atoms with E-state index >= 15 is 0 Å². The molecule has 3 aliphatic rings. The molecule has 2 unspecified atom stereocenters. The largest absolute Gasteiger partial charge is 0.497 e. The van der Waals surface area contributed by atoms with Gasteiger partial charge in [0, 0.05) is 44.9 Å². The van der Waals surface area contributed by atoms with Gasteiger partial charge in [-0.15, -0.1) is 0 Å². The second kappa shape index (κ2) is 10.4. The number of hydrogen-bond acceptors (Lipinski definition) is 5. The summed E-state index contributed by atoms with van der Waals surface area (Å²) < 4.78 is 23.6. The van der Waals surface area contributed by atoms with E-state index in [1.807, 2.05) is 19.2 Å². The summed E-state index contributed by atoms with van der Waals surface area (Å²) in [5.41, 5.74) is 1.12. The smallest absolute Gasteiger partial charge is 0.194 e. The van der Waals surface area contributed by atoms with Crippen molar-refractivity contribution in [2.45, 2.75) is 63.4 Å². The lowest BCUT2D eigenvalue weighted by Gasteiger charge is -2.37. The second-order valence-corrected chi connectivity index (χ2v) is 8.31. The molecule has 3 fully saturated rings. The molecular weight excluding hydrogens is 382 g/mol. The van der Waals surface area contributed by atoms with Crippen molar-refractivity contribution in [2.24, 2.45) is 4.99 Å². The van der Waals surface area contributed by atoms with Crippen LogP contribution in [0.15, 0.2) is 23.2 Å². The highest BCUT2D eigenvalue weighted by Crippen LogP contribution is 2.30. The molecule has 1 aromatic rings. The van der Waals surface area contributed by atoms with Gasteiger partial charge in [0.15, 0.2) is 5.96 Å². The Morgan fingerprint density at radius 3 is 2.70 bits per heavy atom. The first-order valence-electron chi connectivity index (χ1n) is 11.3. The van der Waals surface area contributed by atoms with Gasteiger partial charge in [0.25, 0.3) is 0 Å². The minimum absolute atomic E-state index is 0.113. The Hall–Kier alpha value is -1.99. The van der Waals surface area contributed by atoms with Crippen LogP contribution in [-0.2, 0) is 16.0 Å². The number of benzene rings is 1. The number of methoxy groups -OCH3 is 1. The normalized spacial score (nSPS) is 25.5. The molecule has 0 spiro atoms. The summed E-state index contributed by atoms with van der Waals surface area (Å²) in [5.74, 6) is 2.62. The number of nitrogens with zero attached hydrogens (tertiary/aromatic N) is 2. The minimum Gasteiger partial charge on any atom is -0.497 e. The van der Waals surface area contributed by atoms with Gasteiger partial charge in [-0.3, -0.25) is 4.99 Å². The van der Waals surface area contributed by atoms with E-state index in [1.54, 1.807) is 7.11 Å². The van der Waals surface area contributed by atoms with Crippen molar-refractivity contribution in [1.82, 2.24) is 10.2 Å². The lowest BCUT2D eigenvalue weighted by Crippen LogP contribution is -2.53. The SMILES string of the molecule is CN=C(NCc1ccc(OC)cc1OC1CCCC1)N1CCOC(C2CCCO2)C1. The molecule has 2 aliphatic heterocycles. The van der Waals surface area contributed by atoms with Gasteiger partial charge in [-0.25, -0.2) is 0 Å². The molecule has 1 saturated carbocycles. The zero-order chi connectivity index (χ0) is 20.8. The van der Waals surface area contributed by atoms with Crippen molar-refractivity contribution in [3.63, 3.8) is 0 Å². The number of nitrogens with one attached hydrogen (secondary N) is 1. The van der Waals surface area contributed by atoms with Gasteiger partial charge in [0.05, 0.1) is 25.9 Å². The van der Waals surface area contributed by atoms with E-state index in [0.717, 1.165) is 68.4 Å². The Bertz CT molecular complexity index is 714. The number of rotatable bonds is 6. The van der Waals surface area contributed by atoms with E-state index in [4.69, 9.17) is 18.9 Å². The predicted octanol–water partition coefficient (Wildman–Crippen LogP) is 2.97. The Morgan fingerprint density at radius 1 is 1.13 bits per heavy atom. The van der Waals surface area contributed by atoms with E-state index in [-0.39, 0.29) is 12.2 Å². The Balaban J connectivity index is 1.39. The molecule has 7 heteroatoms. The average Bonchev–Trinajstić information content (AvgIpc) is 3.50. The standard InChI is InChI=1S/C23H35N3O4/c1-24-23(26-11-13-29-22(16-26)20-8-5-12-28-20)25-15-17-9-10-19(27-2)14-21(17)30-18-6-3-4-7-18/h9-10,14,18,20,22H,3-8,11-13,15-16H2,1-2H3,(H,24,25). The first-order chi connectivity index (χ1) is 14.8. The zero-order valence-corrected chi connectivity index (χ0v) is 18.3. The van der Waals surface area contributed by atoms with E-state index in [0.29, 0.717) is 19.3 Å². The number of guanidine groups is 1. The third-order valence-corrected chi connectivity index (χ3v) is 6.29. The molecule has 2 atom stereocenters. The lowest BCUT2D eigenvalue weighted by molar-refractivity contribution is -0.0817. The maximum absolute atomic E-state index is 6.33. The third-order valence-electron chi connectivity index (χ3n) is 6.29. The van der Waals surface area contributed by atoms with Gasteiger partial charge in [0.2, 0.25) is 0 Å². The van der Waals surface area contributed by atoms with E-state index < -0.39 is 0 Å². The van der Waals surface area contributed by atoms with Crippen molar-refractivity contribution < 1.29 is 18.9 Å². The molecule has 1 N–H and O–H groups in total. The molecule has 2 saturated heterocycles. The monoisotopic (exact) mass is 417 g/mol. The number of hydrogen-bond donors (Lipinski definition) is 1. The van der Waals surface area contributed by atoms with E-state index in [2.05, 4.69) is 21.3 Å². The van der Waals surface area contributed by atoms with Gasteiger partial charge in [0.1, 0.15) is 17.6 Å². The molecule has 0 bridgehead atoms. The number of aliphatic imine (C=N–C) groups is 1. The first kappa shape index (κ1) is 21.2. The predicted molar refractivity (Wildman–Crippen MR) is 116 cm³/mol. The summed E-state index contributed by atoms with van der Waals surface area (Å²) in [4.78, 5) is 6.80. The van der Waals surface area contributed by atoms with Crippen LogP contribution in [0.25, 0.3) is 0 Å². The quantitative estimate of drug-likeness (QED) is 0.567. The molecule has 0 radical (unpaired) electrons. The first-order valence-corrected chi connectivity index (χ1v) is 11.3. The summed E-state index contributed by atoms with van der Waals surface area (Å²) in [7, 11) is 3.53. The molecule has 166 valence electrons. The van der Waals surface area contributed by atoms with Gasteiger partial charge >= 0.3 is 0 Å². The summed E-state index contributed by atoms with van der Waals surface area (Å²) in [6.45, 7) is 3.83. The van der Waals surface area contributed by atoms with Crippen molar-refractivity contribution in [3.8, 4) is 11.5 Å². The molecule has 7 nitrogen and oxygen atoms in total. The van der Waals surface area contributed by atoms with Gasteiger partial charge < -0.3 is 29.2 Å². The molecule has 1 aromatic carbocycles. The van der Waals surface area contributed by atoms with Crippen molar-refractivity contribution in [1.29, 1.82) is 0 Å². The van der Waals surface area contributed by atoms with E-state index in [9.17, 15) is 0 Å². The highest BCUT2D eigenvalue weighted by Gasteiger charge is 2.32. The number of ether oxygens (including phenoxy) is 4. The maximum Gasteiger partial charge on any atom is 0.194 e. The molecule has 0 aromatic heterocycles. The lowest BCUT2D eigenvalue weighted by atomic mass is 10.1. The van der Waals surface area contributed by atoms with Crippen LogP contribution in [0.2, 0.25) is 0 Å². The van der Waals surface area contributed by atoms with Crippen LogP contribution < -0.4 is 14.8 Å². The fourth-order valence-electron chi connectivity index (χ4n) is 4.60. The molecule has 4 rings (SSSR count). The summed E-state index contributed by atoms with van der Waals surface area (Å²) in [5, 5.41) is 3.53. The average molecular weight is 418 g/mol. The summed E-state index contributed by atoms with van der Waals surface area (Å²) >= 11 is 0. The Kier molecular flexibility index (Phi) is 7.33. The fraction of sp³-hybridized carbons (Fsp3) is 0.696. The molecule has 30 heavy (non-hydrogen) atoms. The van der Waals surface area contributed by atoms with Gasteiger partial charge in [-0.2, -0.15) is 0 Å². The molecular formula is C23H35N3O4. The van der Waals surface area contributed by atoms with E-state index in [1.165, 1.54) is 12.8 Å². The van der Waals surface area contributed by atoms with Crippen molar-refractivity contribution in [3.05, 3.63) is 23.8 Å². The second-order valence-electron chi connectivity index (χ2n) is 8.31. The molecule has 0 amide bonds. The fourth-order valence-corrected chi connectivity index (χ4v) is 4.60. The Morgan fingerprint density at radius 2 is 1.97 bits per heavy atom. The van der Waals surface area contributed by atoms with Crippen molar-refractivity contribution in [2.75, 3.05) is 40.5 Å². The molecule has 2 heterocycles. The van der Waals surface area contributed by atoms with Gasteiger partial charge in [-0.05, 0) is 50.7 Å². The highest BCUT2D eigenvalue weighted by atomic mass is 16.5. The van der Waals surface area contributed by atoms with Crippen LogP contribution in [0.1, 0.15) is 44.1 Å². The maximum atomic E-state index is 6.33. The van der Waals surface area contributed by atoms with Crippen LogP contribution in [0.4, 0.5) is 0 Å². The summed E-state index contributed by atoms with van der Waals surface area (Å²) in [6.07, 6.45) is 7.59. The zero-order valence-electron chi connectivity index (χ0n) is 18.3. The van der Waals surface area contributed by atoms with Crippen LogP contribution in [0.3, 0.4) is 0 Å². The van der Waals surface area contributed by atoms with Crippen LogP contribution in [-0.4, -0.2) is 69.6 Å². The third kappa shape index (κ3) is 5.19. The Labute approximate surface area is 179 Å². The van der Waals surface area contributed by atoms with Crippen LogP contribution in [0, 0.1) is 0 Å². The van der Waals surface area contributed by atoms with Crippen molar-refractivity contribution >= 4 is 5.96 Å². The minimum atomic E-state index is 0.113. The van der Waals surface area contributed by atoms with Gasteiger partial charge in [-0.1, -0.05) is 0 Å². The summed E-state index contributed by atoms with van der Waals surface area (Å²) in [6, 6.07) is 6.07. The molecule has 1 aliphatic carbocycles. The van der Waals surface area contributed by atoms with Crippen LogP contribution >= 0.6 is 0 Å². The topological polar surface area (TPSA) is 64.6 Å². The highest BCUT2D eigenvalue weighted by molar-refractivity contribution is 5.80. The van der Waals surface area contributed by atoms with Crippen LogP contribution in [0.5, 0.6) is 11.5 Å².